The zero-order valence-electron chi connectivity index (χ0n) is 13.1. The van der Waals surface area contributed by atoms with Gasteiger partial charge in [0.05, 0.1) is 17.4 Å². The molecule has 0 aliphatic rings. The van der Waals surface area contributed by atoms with Gasteiger partial charge in [-0.1, -0.05) is 13.8 Å². The van der Waals surface area contributed by atoms with Crippen molar-refractivity contribution >= 4 is 0 Å². The molecule has 2 atom stereocenters. The Kier molecular flexibility index (Phi) is 7.10. The van der Waals surface area contributed by atoms with Crippen LogP contribution < -0.4 is 5.32 Å². The minimum atomic E-state index is 0.358. The van der Waals surface area contributed by atoms with Crippen LogP contribution in [-0.2, 0) is 11.3 Å². The van der Waals surface area contributed by atoms with E-state index in [1.807, 2.05) is 0 Å². The third kappa shape index (κ3) is 4.62. The van der Waals surface area contributed by atoms with Crippen LogP contribution in [0.4, 0.5) is 0 Å². The summed E-state index contributed by atoms with van der Waals surface area (Å²) >= 11 is 0. The third-order valence-electron chi connectivity index (χ3n) is 3.51. The largest absolute Gasteiger partial charge is 0.385 e. The second kappa shape index (κ2) is 8.33. The van der Waals surface area contributed by atoms with Gasteiger partial charge in [0, 0.05) is 20.3 Å². The van der Waals surface area contributed by atoms with E-state index in [1.54, 1.807) is 7.11 Å². The molecule has 0 spiro atoms. The summed E-state index contributed by atoms with van der Waals surface area (Å²) in [7, 11) is 1.77. The molecule has 0 radical (unpaired) electrons. The van der Waals surface area contributed by atoms with Gasteiger partial charge in [-0.05, 0) is 45.2 Å². The van der Waals surface area contributed by atoms with Crippen LogP contribution in [0.25, 0.3) is 0 Å². The molecule has 4 nitrogen and oxygen atoms in total. The smallest absolute Gasteiger partial charge is 0.0597 e. The first-order valence-corrected chi connectivity index (χ1v) is 7.40. The van der Waals surface area contributed by atoms with Gasteiger partial charge < -0.3 is 10.1 Å². The number of hydrogen-bond donors (Lipinski definition) is 1. The van der Waals surface area contributed by atoms with E-state index in [0.717, 1.165) is 38.2 Å². The van der Waals surface area contributed by atoms with Gasteiger partial charge in [0.25, 0.3) is 0 Å². The van der Waals surface area contributed by atoms with E-state index in [0.29, 0.717) is 12.0 Å². The highest BCUT2D eigenvalue weighted by Crippen LogP contribution is 2.25. The molecule has 1 heterocycles. The zero-order valence-corrected chi connectivity index (χ0v) is 13.1. The molecule has 0 amide bonds. The average molecular weight is 267 g/mol. The van der Waals surface area contributed by atoms with Gasteiger partial charge in [-0.2, -0.15) is 5.10 Å². The van der Waals surface area contributed by atoms with Gasteiger partial charge in [-0.3, -0.25) is 4.68 Å². The predicted molar refractivity (Wildman–Crippen MR) is 79.3 cm³/mol. The van der Waals surface area contributed by atoms with Crippen molar-refractivity contribution in [3.05, 3.63) is 17.5 Å². The molecule has 2 unspecified atom stereocenters. The number of hydrogen-bond acceptors (Lipinski definition) is 3. The summed E-state index contributed by atoms with van der Waals surface area (Å²) in [6.07, 6.45) is 2.21. The first-order chi connectivity index (χ1) is 9.13. The fourth-order valence-electron chi connectivity index (χ4n) is 2.44. The first-order valence-electron chi connectivity index (χ1n) is 7.40. The Balaban J connectivity index is 2.87. The molecule has 0 aliphatic carbocycles. The molecular weight excluding hydrogens is 238 g/mol. The Morgan fingerprint density at radius 2 is 2.16 bits per heavy atom. The van der Waals surface area contributed by atoms with Crippen molar-refractivity contribution in [3.8, 4) is 0 Å². The Labute approximate surface area is 117 Å². The van der Waals surface area contributed by atoms with Crippen molar-refractivity contribution in [3.63, 3.8) is 0 Å². The van der Waals surface area contributed by atoms with Crippen LogP contribution in [0, 0.1) is 12.8 Å². The molecule has 1 N–H and O–H groups in total. The summed E-state index contributed by atoms with van der Waals surface area (Å²) in [6, 6.07) is 2.57. The molecule has 0 bridgehead atoms. The van der Waals surface area contributed by atoms with E-state index < -0.39 is 0 Å². The Morgan fingerprint density at radius 1 is 1.42 bits per heavy atom. The van der Waals surface area contributed by atoms with Gasteiger partial charge in [0.15, 0.2) is 0 Å². The molecule has 1 aromatic rings. The molecule has 0 saturated heterocycles. The third-order valence-corrected chi connectivity index (χ3v) is 3.51. The maximum atomic E-state index is 5.21. The lowest BCUT2D eigenvalue weighted by atomic mass is 9.95. The van der Waals surface area contributed by atoms with E-state index in [2.05, 4.69) is 48.9 Å². The number of rotatable bonds is 9. The fraction of sp³-hybridized carbons (Fsp3) is 0.800. The van der Waals surface area contributed by atoms with E-state index in [1.165, 1.54) is 5.69 Å². The summed E-state index contributed by atoms with van der Waals surface area (Å²) in [5.74, 6) is 0.535. The van der Waals surface area contributed by atoms with Crippen molar-refractivity contribution in [2.24, 2.45) is 5.92 Å². The molecule has 19 heavy (non-hydrogen) atoms. The standard InChI is InChI=1S/C15H29N3O/c1-6-9-16-15(12(3)8-10-19-5)14-11-13(4)17-18(14)7-2/h11-12,15-16H,6-10H2,1-5H3. The minimum absolute atomic E-state index is 0.358. The van der Waals surface area contributed by atoms with Crippen LogP contribution in [-0.4, -0.2) is 30.0 Å². The molecule has 1 aromatic heterocycles. The SMILES string of the molecule is CCCNC(c1cc(C)nn1CC)C(C)CCOC. The van der Waals surface area contributed by atoms with Gasteiger partial charge in [0.1, 0.15) is 0 Å². The summed E-state index contributed by atoms with van der Waals surface area (Å²) in [5, 5.41) is 8.23. The molecule has 1 rings (SSSR count). The predicted octanol–water partition coefficient (Wildman–Crippen LogP) is 2.92. The average Bonchev–Trinajstić information content (AvgIpc) is 2.77. The van der Waals surface area contributed by atoms with Crippen molar-refractivity contribution in [2.75, 3.05) is 20.3 Å². The number of nitrogens with one attached hydrogen (secondary N) is 1. The Morgan fingerprint density at radius 3 is 2.74 bits per heavy atom. The normalized spacial score (nSPS) is 14.6. The van der Waals surface area contributed by atoms with Gasteiger partial charge >= 0.3 is 0 Å². The number of methoxy groups -OCH3 is 1. The number of aryl methyl sites for hydroxylation is 2. The molecule has 110 valence electrons. The zero-order chi connectivity index (χ0) is 14.3. The van der Waals surface area contributed by atoms with Gasteiger partial charge in [-0.15, -0.1) is 0 Å². The van der Waals surface area contributed by atoms with Crippen molar-refractivity contribution in [2.45, 2.75) is 53.1 Å². The van der Waals surface area contributed by atoms with E-state index in [9.17, 15) is 0 Å². The van der Waals surface area contributed by atoms with E-state index in [4.69, 9.17) is 4.74 Å². The second-order valence-electron chi connectivity index (χ2n) is 5.22. The molecule has 0 saturated carbocycles. The van der Waals surface area contributed by atoms with Crippen LogP contribution in [0.1, 0.15) is 51.0 Å². The van der Waals surface area contributed by atoms with Crippen LogP contribution in [0.15, 0.2) is 6.07 Å². The molecule has 0 aromatic carbocycles. The highest BCUT2D eigenvalue weighted by atomic mass is 16.5. The lowest BCUT2D eigenvalue weighted by Crippen LogP contribution is -2.30. The number of ether oxygens (including phenoxy) is 1. The van der Waals surface area contributed by atoms with Crippen molar-refractivity contribution in [1.82, 2.24) is 15.1 Å². The molecule has 4 heteroatoms. The lowest BCUT2D eigenvalue weighted by molar-refractivity contribution is 0.169. The Bertz CT molecular complexity index is 362. The monoisotopic (exact) mass is 267 g/mol. The molecular formula is C15H29N3O. The summed E-state index contributed by atoms with van der Waals surface area (Å²) in [5.41, 5.74) is 2.40. The van der Waals surface area contributed by atoms with Gasteiger partial charge in [-0.25, -0.2) is 0 Å². The van der Waals surface area contributed by atoms with Crippen LogP contribution in [0.5, 0.6) is 0 Å². The number of nitrogens with zero attached hydrogens (tertiary/aromatic N) is 2. The maximum absolute atomic E-state index is 5.21. The Hall–Kier alpha value is -0.870. The summed E-state index contributed by atoms with van der Waals surface area (Å²) in [6.45, 7) is 11.5. The number of aromatic nitrogens is 2. The summed E-state index contributed by atoms with van der Waals surface area (Å²) in [4.78, 5) is 0. The maximum Gasteiger partial charge on any atom is 0.0597 e. The fourth-order valence-corrected chi connectivity index (χ4v) is 2.44. The molecule has 0 aliphatic heterocycles. The first kappa shape index (κ1) is 16.2. The van der Waals surface area contributed by atoms with Crippen LogP contribution >= 0.6 is 0 Å². The highest BCUT2D eigenvalue weighted by Gasteiger charge is 2.22. The van der Waals surface area contributed by atoms with Crippen molar-refractivity contribution in [1.29, 1.82) is 0 Å². The van der Waals surface area contributed by atoms with Gasteiger partial charge in [0.2, 0.25) is 0 Å². The summed E-state index contributed by atoms with van der Waals surface area (Å²) < 4.78 is 7.33. The lowest BCUT2D eigenvalue weighted by Gasteiger charge is -2.25. The molecule has 0 fully saturated rings. The minimum Gasteiger partial charge on any atom is -0.385 e. The van der Waals surface area contributed by atoms with E-state index >= 15 is 0 Å². The van der Waals surface area contributed by atoms with Crippen molar-refractivity contribution < 1.29 is 4.74 Å². The second-order valence-corrected chi connectivity index (χ2v) is 5.22. The highest BCUT2D eigenvalue weighted by molar-refractivity contribution is 5.14. The van der Waals surface area contributed by atoms with Crippen LogP contribution in [0.2, 0.25) is 0 Å². The van der Waals surface area contributed by atoms with Crippen LogP contribution in [0.3, 0.4) is 0 Å². The topological polar surface area (TPSA) is 39.1 Å². The van der Waals surface area contributed by atoms with E-state index in [-0.39, 0.29) is 0 Å². The quantitative estimate of drug-likeness (QED) is 0.747.